The molecule has 1 aliphatic rings. The van der Waals surface area contributed by atoms with Crippen LogP contribution in [-0.4, -0.2) is 5.12 Å². The molecule has 0 bridgehead atoms. The third kappa shape index (κ3) is 1.12. The molecule has 0 unspecified atom stereocenters. The van der Waals surface area contributed by atoms with Gasteiger partial charge in [0.05, 0.1) is 13.1 Å². The Morgan fingerprint density at radius 2 is 2.18 bits per heavy atom. The fourth-order valence-electron chi connectivity index (χ4n) is 1.34. The van der Waals surface area contributed by atoms with E-state index < -0.39 is 0 Å². The van der Waals surface area contributed by atoms with Crippen molar-refractivity contribution in [1.82, 2.24) is 5.12 Å². The normalized spacial score (nSPS) is 16.9. The van der Waals surface area contributed by atoms with Crippen LogP contribution in [0.2, 0.25) is 5.02 Å². The lowest BCUT2D eigenvalue weighted by Gasteiger charge is -1.97. The smallest absolute Gasteiger partial charge is 0.0562 e. The first-order valence-electron chi connectivity index (χ1n) is 3.44. The summed E-state index contributed by atoms with van der Waals surface area (Å²) in [5, 5.41) is 1.43. The number of benzene rings is 1. The van der Waals surface area contributed by atoms with Gasteiger partial charge in [0.1, 0.15) is 0 Å². The maximum absolute atomic E-state index is 12.7. The van der Waals surface area contributed by atoms with Gasteiger partial charge in [0, 0.05) is 5.02 Å². The van der Waals surface area contributed by atoms with Crippen LogP contribution in [-0.2, 0) is 13.1 Å². The zero-order valence-electron chi connectivity index (χ0n) is 5.85. The summed E-state index contributed by atoms with van der Waals surface area (Å²) >= 11 is 5.84. The van der Waals surface area contributed by atoms with E-state index in [4.69, 9.17) is 11.6 Å². The van der Waals surface area contributed by atoms with Gasteiger partial charge in [0.25, 0.3) is 0 Å². The Kier molecular flexibility index (Phi) is 1.59. The maximum Gasteiger partial charge on any atom is 0.0562 e. The van der Waals surface area contributed by atoms with Crippen LogP contribution < -0.4 is 0 Å². The van der Waals surface area contributed by atoms with Crippen LogP contribution in [0.5, 0.6) is 0 Å². The Morgan fingerprint density at radius 1 is 1.36 bits per heavy atom. The van der Waals surface area contributed by atoms with Crippen LogP contribution in [0.3, 0.4) is 0 Å². The number of hydrogen-bond donors (Lipinski definition) is 0. The Bertz CT molecular complexity index is 287. The molecular weight excluding hydrogens is 165 g/mol. The van der Waals surface area contributed by atoms with Gasteiger partial charge < -0.3 is 0 Å². The Balaban J connectivity index is 2.49. The molecule has 0 spiro atoms. The zero-order valence-corrected chi connectivity index (χ0v) is 6.61. The van der Waals surface area contributed by atoms with E-state index in [1.165, 1.54) is 0 Å². The van der Waals surface area contributed by atoms with Gasteiger partial charge >= 0.3 is 0 Å². The highest BCUT2D eigenvalue weighted by atomic mass is 35.5. The summed E-state index contributed by atoms with van der Waals surface area (Å²) in [5.41, 5.74) is 1.93. The average molecular weight is 172 g/mol. The van der Waals surface area contributed by atoms with E-state index in [0.717, 1.165) is 16.2 Å². The first-order chi connectivity index (χ1) is 5.27. The van der Waals surface area contributed by atoms with Crippen LogP contribution in [0, 0.1) is 0 Å². The molecule has 1 aliphatic heterocycles. The topological polar surface area (TPSA) is 3.24 Å². The van der Waals surface area contributed by atoms with Gasteiger partial charge in [-0.05, 0) is 17.2 Å². The largest absolute Gasteiger partial charge is 0.138 e. The monoisotopic (exact) mass is 171 g/mol. The summed E-state index contributed by atoms with van der Waals surface area (Å²) in [4.78, 5) is 0. The summed E-state index contributed by atoms with van der Waals surface area (Å²) in [7, 11) is 0. The first-order valence-corrected chi connectivity index (χ1v) is 3.82. The third-order valence-electron chi connectivity index (χ3n) is 1.89. The number of fused-ring (bicyclic) bond motifs is 1. The van der Waals surface area contributed by atoms with Crippen LogP contribution in [0.1, 0.15) is 11.1 Å². The van der Waals surface area contributed by atoms with Crippen LogP contribution in [0.15, 0.2) is 18.2 Å². The molecular formula is C8H7ClFN. The van der Waals surface area contributed by atoms with Gasteiger partial charge in [-0.3, -0.25) is 0 Å². The number of nitrogens with zero attached hydrogens (tertiary/aromatic N) is 1. The summed E-state index contributed by atoms with van der Waals surface area (Å²) in [5.74, 6) is 0. The number of halogens is 2. The van der Waals surface area contributed by atoms with Crippen molar-refractivity contribution in [1.29, 1.82) is 0 Å². The third-order valence-corrected chi connectivity index (χ3v) is 2.24. The molecule has 0 amide bonds. The van der Waals surface area contributed by atoms with Crippen molar-refractivity contribution in [3.05, 3.63) is 34.3 Å². The molecule has 0 saturated carbocycles. The Hall–Kier alpha value is -0.600. The van der Waals surface area contributed by atoms with Crippen molar-refractivity contribution in [2.75, 3.05) is 0 Å². The van der Waals surface area contributed by atoms with E-state index in [1.54, 1.807) is 6.07 Å². The molecule has 3 heteroatoms. The Labute approximate surface area is 69.3 Å². The molecule has 2 rings (SSSR count). The fraction of sp³-hybridized carbons (Fsp3) is 0.250. The number of hydrogen-bond acceptors (Lipinski definition) is 1. The summed E-state index contributed by atoms with van der Waals surface area (Å²) in [6.45, 7) is 0.699. The van der Waals surface area contributed by atoms with Gasteiger partial charge in [-0.25, -0.2) is 0 Å². The molecule has 0 aromatic heterocycles. The van der Waals surface area contributed by atoms with Gasteiger partial charge in [-0.15, -0.1) is 9.60 Å². The molecule has 0 saturated heterocycles. The SMILES string of the molecule is FN1Cc2cccc(Cl)c2C1. The van der Waals surface area contributed by atoms with Crippen molar-refractivity contribution in [3.63, 3.8) is 0 Å². The second-order valence-electron chi connectivity index (χ2n) is 2.66. The molecule has 0 radical (unpaired) electrons. The standard InChI is InChI=1S/C8H7ClFN/c9-8-3-1-2-6-4-11(10)5-7(6)8/h1-3H,4-5H2. The van der Waals surface area contributed by atoms with Crippen molar-refractivity contribution in [2.24, 2.45) is 0 Å². The average Bonchev–Trinajstić information content (AvgIpc) is 2.31. The quantitative estimate of drug-likeness (QED) is 0.543. The van der Waals surface area contributed by atoms with Crippen LogP contribution >= 0.6 is 11.6 Å². The van der Waals surface area contributed by atoms with Gasteiger partial charge in [0.2, 0.25) is 0 Å². The van der Waals surface area contributed by atoms with E-state index in [1.807, 2.05) is 12.1 Å². The molecule has 0 N–H and O–H groups in total. The second kappa shape index (κ2) is 2.47. The highest BCUT2D eigenvalue weighted by Crippen LogP contribution is 2.28. The molecule has 0 fully saturated rings. The minimum atomic E-state index is 0.328. The molecule has 1 heterocycles. The summed E-state index contributed by atoms with van der Waals surface area (Å²) in [6, 6.07) is 5.54. The molecule has 1 aromatic carbocycles. The fourth-order valence-corrected chi connectivity index (χ4v) is 1.59. The predicted molar refractivity (Wildman–Crippen MR) is 41.8 cm³/mol. The highest BCUT2D eigenvalue weighted by Gasteiger charge is 2.19. The molecule has 58 valence electrons. The van der Waals surface area contributed by atoms with Crippen LogP contribution in [0.4, 0.5) is 4.48 Å². The van der Waals surface area contributed by atoms with E-state index in [-0.39, 0.29) is 0 Å². The zero-order chi connectivity index (χ0) is 7.84. The lowest BCUT2D eigenvalue weighted by atomic mass is 10.1. The molecule has 11 heavy (non-hydrogen) atoms. The first kappa shape index (κ1) is 7.07. The van der Waals surface area contributed by atoms with E-state index in [2.05, 4.69) is 0 Å². The van der Waals surface area contributed by atoms with Crippen LogP contribution in [0.25, 0.3) is 0 Å². The molecule has 1 aromatic rings. The van der Waals surface area contributed by atoms with Crippen molar-refractivity contribution in [3.8, 4) is 0 Å². The molecule has 1 nitrogen and oxygen atoms in total. The summed E-state index contributed by atoms with van der Waals surface area (Å²) in [6.07, 6.45) is 0. The van der Waals surface area contributed by atoms with E-state index >= 15 is 0 Å². The van der Waals surface area contributed by atoms with Gasteiger partial charge in [-0.1, -0.05) is 23.7 Å². The number of rotatable bonds is 0. The molecule has 0 aliphatic carbocycles. The second-order valence-corrected chi connectivity index (χ2v) is 3.06. The molecule has 0 atom stereocenters. The van der Waals surface area contributed by atoms with Gasteiger partial charge in [0.15, 0.2) is 0 Å². The van der Waals surface area contributed by atoms with Crippen molar-refractivity contribution < 1.29 is 4.48 Å². The lowest BCUT2D eigenvalue weighted by molar-refractivity contribution is 0.0211. The lowest BCUT2D eigenvalue weighted by Crippen LogP contribution is -2.01. The van der Waals surface area contributed by atoms with Crippen molar-refractivity contribution in [2.45, 2.75) is 13.1 Å². The maximum atomic E-state index is 12.7. The van der Waals surface area contributed by atoms with E-state index in [0.29, 0.717) is 18.1 Å². The summed E-state index contributed by atoms with van der Waals surface area (Å²) < 4.78 is 12.7. The Morgan fingerprint density at radius 3 is 2.91 bits per heavy atom. The van der Waals surface area contributed by atoms with E-state index in [9.17, 15) is 4.48 Å². The van der Waals surface area contributed by atoms with Crippen molar-refractivity contribution >= 4 is 11.6 Å². The minimum Gasteiger partial charge on any atom is -0.138 e. The minimum absolute atomic E-state index is 0.328. The van der Waals surface area contributed by atoms with Gasteiger partial charge in [-0.2, -0.15) is 0 Å². The predicted octanol–water partition coefficient (Wildman–Crippen LogP) is 2.54. The highest BCUT2D eigenvalue weighted by molar-refractivity contribution is 6.31.